The SMILES string of the molecule is CCCN(Cc1cccc(O)c1)Cc1c(C)[nH]c2c(C)cc(C)cc12. The monoisotopic (exact) mass is 336 g/mol. The number of aromatic hydroxyl groups is 1. The van der Waals surface area contributed by atoms with Gasteiger partial charge in [0.25, 0.3) is 0 Å². The van der Waals surface area contributed by atoms with Gasteiger partial charge in [-0.2, -0.15) is 0 Å². The number of phenolic OH excluding ortho intramolecular Hbond substituents is 1. The molecule has 3 heteroatoms. The number of benzene rings is 2. The number of H-pyrrole nitrogens is 1. The van der Waals surface area contributed by atoms with Crippen LogP contribution in [0.15, 0.2) is 36.4 Å². The first-order valence-corrected chi connectivity index (χ1v) is 9.06. The van der Waals surface area contributed by atoms with Crippen LogP contribution in [0.5, 0.6) is 5.75 Å². The summed E-state index contributed by atoms with van der Waals surface area (Å²) in [6.45, 7) is 11.5. The molecule has 0 aliphatic carbocycles. The van der Waals surface area contributed by atoms with Crippen molar-refractivity contribution in [3.8, 4) is 5.75 Å². The molecule has 0 spiro atoms. The van der Waals surface area contributed by atoms with Crippen LogP contribution in [0.1, 0.15) is 41.3 Å². The predicted octanol–water partition coefficient (Wildman–Crippen LogP) is 5.21. The van der Waals surface area contributed by atoms with E-state index in [0.29, 0.717) is 5.75 Å². The zero-order valence-corrected chi connectivity index (χ0v) is 15.7. The van der Waals surface area contributed by atoms with Gasteiger partial charge in [0, 0.05) is 29.7 Å². The smallest absolute Gasteiger partial charge is 0.115 e. The standard InChI is InChI=1S/C22H28N2O/c1-5-9-24(13-18-7-6-8-19(25)12-18)14-21-17(4)23-22-16(3)10-15(2)11-20(21)22/h6-8,10-12,23,25H,5,9,13-14H2,1-4H3. The number of hydrogen-bond acceptors (Lipinski definition) is 2. The van der Waals surface area contributed by atoms with Crippen LogP contribution in [0.25, 0.3) is 10.9 Å². The van der Waals surface area contributed by atoms with Crippen molar-refractivity contribution in [3.63, 3.8) is 0 Å². The van der Waals surface area contributed by atoms with Crippen LogP contribution in [0.2, 0.25) is 0 Å². The van der Waals surface area contributed by atoms with Crippen molar-refractivity contribution in [2.24, 2.45) is 0 Å². The molecular weight excluding hydrogens is 308 g/mol. The third-order valence-electron chi connectivity index (χ3n) is 4.81. The van der Waals surface area contributed by atoms with Crippen LogP contribution in [-0.2, 0) is 13.1 Å². The fraction of sp³-hybridized carbons (Fsp3) is 0.364. The van der Waals surface area contributed by atoms with Crippen molar-refractivity contribution >= 4 is 10.9 Å². The molecule has 0 amide bonds. The lowest BCUT2D eigenvalue weighted by Gasteiger charge is -2.22. The Labute approximate surface area is 150 Å². The van der Waals surface area contributed by atoms with Crippen molar-refractivity contribution in [3.05, 3.63) is 64.3 Å². The molecule has 132 valence electrons. The second-order valence-electron chi connectivity index (χ2n) is 7.11. The van der Waals surface area contributed by atoms with E-state index in [1.807, 2.05) is 12.1 Å². The van der Waals surface area contributed by atoms with Gasteiger partial charge in [-0.25, -0.2) is 0 Å². The van der Waals surface area contributed by atoms with E-state index in [1.165, 1.54) is 33.3 Å². The fourth-order valence-corrected chi connectivity index (χ4v) is 3.71. The third kappa shape index (κ3) is 3.88. The molecule has 3 aromatic rings. The van der Waals surface area contributed by atoms with Gasteiger partial charge in [0.15, 0.2) is 0 Å². The van der Waals surface area contributed by atoms with E-state index in [-0.39, 0.29) is 0 Å². The van der Waals surface area contributed by atoms with E-state index in [4.69, 9.17) is 0 Å². The zero-order chi connectivity index (χ0) is 18.0. The molecule has 0 atom stereocenters. The zero-order valence-electron chi connectivity index (χ0n) is 15.7. The Balaban J connectivity index is 1.92. The summed E-state index contributed by atoms with van der Waals surface area (Å²) >= 11 is 0. The topological polar surface area (TPSA) is 39.3 Å². The van der Waals surface area contributed by atoms with Gasteiger partial charge < -0.3 is 10.1 Å². The summed E-state index contributed by atoms with van der Waals surface area (Å²) in [6, 6.07) is 12.1. The summed E-state index contributed by atoms with van der Waals surface area (Å²) in [4.78, 5) is 6.04. The first-order valence-electron chi connectivity index (χ1n) is 9.06. The molecular formula is C22H28N2O. The van der Waals surface area contributed by atoms with Gasteiger partial charge >= 0.3 is 0 Å². The molecule has 0 aliphatic heterocycles. The van der Waals surface area contributed by atoms with Crippen LogP contribution in [-0.4, -0.2) is 21.5 Å². The Morgan fingerprint density at radius 3 is 2.56 bits per heavy atom. The highest BCUT2D eigenvalue weighted by molar-refractivity contribution is 5.87. The molecule has 0 bridgehead atoms. The molecule has 0 saturated carbocycles. The number of nitrogens with one attached hydrogen (secondary N) is 1. The van der Waals surface area contributed by atoms with Gasteiger partial charge in [0.1, 0.15) is 5.75 Å². The number of hydrogen-bond donors (Lipinski definition) is 2. The van der Waals surface area contributed by atoms with Gasteiger partial charge in [-0.05, 0) is 68.6 Å². The highest BCUT2D eigenvalue weighted by Gasteiger charge is 2.15. The van der Waals surface area contributed by atoms with E-state index in [9.17, 15) is 5.11 Å². The minimum atomic E-state index is 0.337. The van der Waals surface area contributed by atoms with Crippen LogP contribution in [0.3, 0.4) is 0 Å². The third-order valence-corrected chi connectivity index (χ3v) is 4.81. The van der Waals surface area contributed by atoms with Crippen LogP contribution in [0.4, 0.5) is 0 Å². The maximum Gasteiger partial charge on any atom is 0.115 e. The maximum absolute atomic E-state index is 9.74. The van der Waals surface area contributed by atoms with E-state index in [1.54, 1.807) is 6.07 Å². The second kappa shape index (κ2) is 7.32. The number of aromatic nitrogens is 1. The number of phenols is 1. The average Bonchev–Trinajstić information content (AvgIpc) is 2.84. The van der Waals surface area contributed by atoms with Crippen LogP contribution < -0.4 is 0 Å². The molecule has 0 fully saturated rings. The number of fused-ring (bicyclic) bond motifs is 1. The minimum absolute atomic E-state index is 0.337. The van der Waals surface area contributed by atoms with Crippen molar-refractivity contribution in [2.75, 3.05) is 6.54 Å². The molecule has 3 nitrogen and oxygen atoms in total. The summed E-state index contributed by atoms with van der Waals surface area (Å²) in [5.41, 5.74) is 7.65. The van der Waals surface area contributed by atoms with E-state index in [0.717, 1.165) is 31.6 Å². The minimum Gasteiger partial charge on any atom is -0.508 e. The highest BCUT2D eigenvalue weighted by atomic mass is 16.3. The van der Waals surface area contributed by atoms with Crippen LogP contribution in [0, 0.1) is 20.8 Å². The van der Waals surface area contributed by atoms with Gasteiger partial charge in [-0.15, -0.1) is 0 Å². The number of aryl methyl sites for hydroxylation is 3. The average molecular weight is 336 g/mol. The lowest BCUT2D eigenvalue weighted by atomic mass is 10.0. The maximum atomic E-state index is 9.74. The Morgan fingerprint density at radius 2 is 1.84 bits per heavy atom. The predicted molar refractivity (Wildman–Crippen MR) is 105 cm³/mol. The molecule has 0 aliphatic rings. The van der Waals surface area contributed by atoms with Crippen molar-refractivity contribution in [1.82, 2.24) is 9.88 Å². The number of rotatable bonds is 6. The largest absolute Gasteiger partial charge is 0.508 e. The highest BCUT2D eigenvalue weighted by Crippen LogP contribution is 2.28. The van der Waals surface area contributed by atoms with Crippen molar-refractivity contribution in [1.29, 1.82) is 0 Å². The normalized spacial score (nSPS) is 11.6. The summed E-state index contributed by atoms with van der Waals surface area (Å²) in [7, 11) is 0. The Hall–Kier alpha value is -2.26. The molecule has 1 heterocycles. The van der Waals surface area contributed by atoms with Crippen LogP contribution >= 0.6 is 0 Å². The molecule has 2 N–H and O–H groups in total. The lowest BCUT2D eigenvalue weighted by molar-refractivity contribution is 0.257. The fourth-order valence-electron chi connectivity index (χ4n) is 3.71. The second-order valence-corrected chi connectivity index (χ2v) is 7.11. The Bertz CT molecular complexity index is 879. The first kappa shape index (κ1) is 17.6. The summed E-state index contributed by atoms with van der Waals surface area (Å²) in [6.07, 6.45) is 1.11. The van der Waals surface area contributed by atoms with E-state index in [2.05, 4.69) is 55.8 Å². The van der Waals surface area contributed by atoms with Gasteiger partial charge in [-0.3, -0.25) is 4.90 Å². The molecule has 0 unspecified atom stereocenters. The van der Waals surface area contributed by atoms with Gasteiger partial charge in [0.05, 0.1) is 0 Å². The molecule has 25 heavy (non-hydrogen) atoms. The van der Waals surface area contributed by atoms with E-state index >= 15 is 0 Å². The molecule has 0 radical (unpaired) electrons. The van der Waals surface area contributed by atoms with Crippen molar-refractivity contribution in [2.45, 2.75) is 47.2 Å². The van der Waals surface area contributed by atoms with E-state index < -0.39 is 0 Å². The lowest BCUT2D eigenvalue weighted by Crippen LogP contribution is -2.23. The molecule has 3 rings (SSSR count). The van der Waals surface area contributed by atoms with Gasteiger partial charge in [0.2, 0.25) is 0 Å². The van der Waals surface area contributed by atoms with Gasteiger partial charge in [-0.1, -0.05) is 30.7 Å². The first-order chi connectivity index (χ1) is 12.0. The molecule has 2 aromatic carbocycles. The Morgan fingerprint density at radius 1 is 1.04 bits per heavy atom. The Kier molecular flexibility index (Phi) is 5.14. The number of aromatic amines is 1. The quantitative estimate of drug-likeness (QED) is 0.648. The number of nitrogens with zero attached hydrogens (tertiary/aromatic N) is 1. The summed E-state index contributed by atoms with van der Waals surface area (Å²) in [5, 5.41) is 11.1. The summed E-state index contributed by atoms with van der Waals surface area (Å²) < 4.78 is 0. The summed E-state index contributed by atoms with van der Waals surface area (Å²) in [5.74, 6) is 0.337. The molecule has 0 saturated heterocycles. The molecule has 1 aromatic heterocycles. The van der Waals surface area contributed by atoms with Crippen molar-refractivity contribution < 1.29 is 5.11 Å².